The van der Waals surface area contributed by atoms with Gasteiger partial charge in [0.1, 0.15) is 5.82 Å². The molecule has 3 heterocycles. The SMILES string of the molecule is Cc1cc(C)n2nc(NC(=O)C3CC(=O)Nc4ccc(F)cc43)cc2n1. The van der Waals surface area contributed by atoms with Crippen LogP contribution in [0.1, 0.15) is 29.3 Å². The topological polar surface area (TPSA) is 88.4 Å². The summed E-state index contributed by atoms with van der Waals surface area (Å²) in [6, 6.07) is 7.53. The van der Waals surface area contributed by atoms with Crippen LogP contribution in [0.15, 0.2) is 30.3 Å². The number of anilines is 2. The lowest BCUT2D eigenvalue weighted by Crippen LogP contribution is -2.31. The number of hydrogen-bond donors (Lipinski definition) is 2. The molecule has 2 aromatic heterocycles. The van der Waals surface area contributed by atoms with Gasteiger partial charge in [0.05, 0.1) is 5.92 Å². The van der Waals surface area contributed by atoms with Gasteiger partial charge in [-0.3, -0.25) is 9.59 Å². The largest absolute Gasteiger partial charge is 0.326 e. The Bertz CT molecular complexity index is 1060. The molecule has 1 aliphatic heterocycles. The summed E-state index contributed by atoms with van der Waals surface area (Å²) in [5.41, 5.74) is 3.26. The third-order valence-corrected chi connectivity index (χ3v) is 4.35. The minimum absolute atomic E-state index is 0.0496. The van der Waals surface area contributed by atoms with Gasteiger partial charge in [0, 0.05) is 29.6 Å². The highest BCUT2D eigenvalue weighted by Crippen LogP contribution is 2.33. The highest BCUT2D eigenvalue weighted by molar-refractivity contribution is 6.04. The van der Waals surface area contributed by atoms with E-state index in [0.717, 1.165) is 11.4 Å². The van der Waals surface area contributed by atoms with Gasteiger partial charge in [0.15, 0.2) is 11.5 Å². The van der Waals surface area contributed by atoms with Crippen molar-refractivity contribution in [1.29, 1.82) is 0 Å². The molecule has 2 amide bonds. The number of carbonyl (C=O) groups excluding carboxylic acids is 2. The first kappa shape index (κ1) is 16.2. The normalized spacial score (nSPS) is 16.3. The van der Waals surface area contributed by atoms with Crippen LogP contribution in [0, 0.1) is 19.7 Å². The molecule has 0 aliphatic carbocycles. The van der Waals surface area contributed by atoms with Crippen LogP contribution in [0.25, 0.3) is 5.65 Å². The number of aromatic nitrogens is 3. The zero-order valence-electron chi connectivity index (χ0n) is 14.2. The summed E-state index contributed by atoms with van der Waals surface area (Å²) >= 11 is 0. The van der Waals surface area contributed by atoms with Gasteiger partial charge in [0.25, 0.3) is 0 Å². The smallest absolute Gasteiger partial charge is 0.233 e. The number of fused-ring (bicyclic) bond motifs is 2. The zero-order chi connectivity index (χ0) is 18.4. The Kier molecular flexibility index (Phi) is 3.68. The van der Waals surface area contributed by atoms with Crippen molar-refractivity contribution in [2.45, 2.75) is 26.2 Å². The molecule has 26 heavy (non-hydrogen) atoms. The van der Waals surface area contributed by atoms with E-state index in [1.807, 2.05) is 19.9 Å². The monoisotopic (exact) mass is 353 g/mol. The van der Waals surface area contributed by atoms with Crippen molar-refractivity contribution in [3.8, 4) is 0 Å². The number of benzene rings is 1. The minimum Gasteiger partial charge on any atom is -0.326 e. The number of rotatable bonds is 2. The maximum atomic E-state index is 13.6. The van der Waals surface area contributed by atoms with Crippen molar-refractivity contribution in [2.24, 2.45) is 0 Å². The van der Waals surface area contributed by atoms with E-state index in [1.54, 1.807) is 10.6 Å². The Morgan fingerprint density at radius 2 is 2.12 bits per heavy atom. The molecule has 3 aromatic rings. The molecule has 8 heteroatoms. The van der Waals surface area contributed by atoms with Crippen LogP contribution >= 0.6 is 0 Å². The molecule has 1 unspecified atom stereocenters. The molecule has 2 N–H and O–H groups in total. The molecular weight excluding hydrogens is 337 g/mol. The molecule has 0 saturated heterocycles. The Labute approximate surface area is 148 Å². The lowest BCUT2D eigenvalue weighted by Gasteiger charge is -2.24. The van der Waals surface area contributed by atoms with Gasteiger partial charge in [-0.25, -0.2) is 13.9 Å². The first-order valence-electron chi connectivity index (χ1n) is 8.15. The highest BCUT2D eigenvalue weighted by atomic mass is 19.1. The summed E-state index contributed by atoms with van der Waals surface area (Å²) in [6.07, 6.45) is -0.0496. The van der Waals surface area contributed by atoms with E-state index in [9.17, 15) is 14.0 Å². The molecule has 1 atom stereocenters. The number of amides is 2. The van der Waals surface area contributed by atoms with E-state index >= 15 is 0 Å². The summed E-state index contributed by atoms with van der Waals surface area (Å²) < 4.78 is 15.2. The van der Waals surface area contributed by atoms with E-state index in [-0.39, 0.29) is 12.3 Å². The van der Waals surface area contributed by atoms with Gasteiger partial charge in [-0.05, 0) is 43.7 Å². The van der Waals surface area contributed by atoms with Crippen LogP contribution in [-0.4, -0.2) is 26.4 Å². The van der Waals surface area contributed by atoms with Crippen molar-refractivity contribution >= 4 is 29.0 Å². The molecule has 7 nitrogen and oxygen atoms in total. The van der Waals surface area contributed by atoms with Crippen LogP contribution in [0.2, 0.25) is 0 Å². The summed E-state index contributed by atoms with van der Waals surface area (Å²) in [4.78, 5) is 29.0. The third-order valence-electron chi connectivity index (χ3n) is 4.35. The lowest BCUT2D eigenvalue weighted by molar-refractivity contribution is -0.123. The van der Waals surface area contributed by atoms with Gasteiger partial charge < -0.3 is 10.6 Å². The molecule has 4 rings (SSSR count). The summed E-state index contributed by atoms with van der Waals surface area (Å²) in [6.45, 7) is 3.77. The summed E-state index contributed by atoms with van der Waals surface area (Å²) in [5, 5.41) is 9.70. The number of aryl methyl sites for hydroxylation is 2. The number of halogens is 1. The van der Waals surface area contributed by atoms with Crippen molar-refractivity contribution < 1.29 is 14.0 Å². The van der Waals surface area contributed by atoms with Gasteiger partial charge >= 0.3 is 0 Å². The Balaban J connectivity index is 1.66. The molecule has 1 aliphatic rings. The second-order valence-corrected chi connectivity index (χ2v) is 6.36. The number of carbonyl (C=O) groups is 2. The Hall–Kier alpha value is -3.29. The lowest BCUT2D eigenvalue weighted by atomic mass is 9.89. The molecule has 1 aromatic carbocycles. The van der Waals surface area contributed by atoms with E-state index < -0.39 is 17.6 Å². The third kappa shape index (κ3) is 2.79. The van der Waals surface area contributed by atoms with E-state index in [1.165, 1.54) is 18.2 Å². The van der Waals surface area contributed by atoms with Gasteiger partial charge in [-0.2, -0.15) is 0 Å². The molecule has 0 saturated carbocycles. The van der Waals surface area contributed by atoms with Crippen LogP contribution in [0.4, 0.5) is 15.9 Å². The van der Waals surface area contributed by atoms with Crippen LogP contribution in [-0.2, 0) is 9.59 Å². The average Bonchev–Trinajstić information content (AvgIpc) is 2.97. The van der Waals surface area contributed by atoms with Gasteiger partial charge in [-0.1, -0.05) is 0 Å². The second kappa shape index (κ2) is 5.91. The van der Waals surface area contributed by atoms with E-state index in [2.05, 4.69) is 20.7 Å². The van der Waals surface area contributed by atoms with Crippen molar-refractivity contribution in [3.05, 3.63) is 53.1 Å². The Morgan fingerprint density at radius 1 is 1.31 bits per heavy atom. The fraction of sp³-hybridized carbons (Fsp3) is 0.222. The van der Waals surface area contributed by atoms with Crippen LogP contribution in [0.5, 0.6) is 0 Å². The quantitative estimate of drug-likeness (QED) is 0.741. The standard InChI is InChI=1S/C18H16FN5O2/c1-9-5-10(2)24-16(20-9)8-15(23-24)22-18(26)13-7-17(25)21-14-4-3-11(19)6-12(13)14/h3-6,8,13H,7H2,1-2H3,(H,21,25)(H,22,23,26). The van der Waals surface area contributed by atoms with E-state index in [0.29, 0.717) is 22.7 Å². The molecule has 0 radical (unpaired) electrons. The van der Waals surface area contributed by atoms with Crippen LogP contribution < -0.4 is 10.6 Å². The predicted molar refractivity (Wildman–Crippen MR) is 93.5 cm³/mol. The average molecular weight is 353 g/mol. The zero-order valence-corrected chi connectivity index (χ0v) is 14.2. The van der Waals surface area contributed by atoms with Gasteiger partial charge in [-0.15, -0.1) is 5.10 Å². The highest BCUT2D eigenvalue weighted by Gasteiger charge is 2.31. The predicted octanol–water partition coefficient (Wildman–Crippen LogP) is 2.55. The molecule has 0 fully saturated rings. The molecule has 0 bridgehead atoms. The maximum Gasteiger partial charge on any atom is 0.233 e. The summed E-state index contributed by atoms with van der Waals surface area (Å²) in [7, 11) is 0. The van der Waals surface area contributed by atoms with Crippen molar-refractivity contribution in [1.82, 2.24) is 14.6 Å². The molecule has 0 spiro atoms. The molecular formula is C18H16FN5O2. The number of nitrogens with one attached hydrogen (secondary N) is 2. The fourth-order valence-corrected chi connectivity index (χ4v) is 3.23. The number of hydrogen-bond acceptors (Lipinski definition) is 4. The Morgan fingerprint density at radius 3 is 2.92 bits per heavy atom. The fourth-order valence-electron chi connectivity index (χ4n) is 3.23. The van der Waals surface area contributed by atoms with Crippen molar-refractivity contribution in [3.63, 3.8) is 0 Å². The maximum absolute atomic E-state index is 13.6. The second-order valence-electron chi connectivity index (χ2n) is 6.36. The van der Waals surface area contributed by atoms with Crippen molar-refractivity contribution in [2.75, 3.05) is 10.6 Å². The van der Waals surface area contributed by atoms with E-state index in [4.69, 9.17) is 0 Å². The minimum atomic E-state index is -0.782. The first-order valence-corrected chi connectivity index (χ1v) is 8.15. The number of nitrogens with zero attached hydrogens (tertiary/aromatic N) is 3. The van der Waals surface area contributed by atoms with Crippen LogP contribution in [0.3, 0.4) is 0 Å². The molecule has 132 valence electrons. The first-order chi connectivity index (χ1) is 12.4. The summed E-state index contributed by atoms with van der Waals surface area (Å²) in [5.74, 6) is -1.60. The van der Waals surface area contributed by atoms with Gasteiger partial charge in [0.2, 0.25) is 11.8 Å².